The maximum Gasteiger partial charge on any atom is 0.243 e. The summed E-state index contributed by atoms with van der Waals surface area (Å²) in [5.74, 6) is 2.85. The Morgan fingerprint density at radius 1 is 0.568 bits per heavy atom. The maximum atomic E-state index is 13.6. The fraction of sp³-hybridized carbons (Fsp3) is 0.478. The highest BCUT2D eigenvalue weighted by atomic mass is 35.5. The van der Waals surface area contributed by atoms with Crippen LogP contribution >= 0.6 is 23.2 Å². The number of nitrogens with one attached hydrogen (secondary N) is 2. The van der Waals surface area contributed by atoms with Gasteiger partial charge < -0.3 is 37.9 Å². The predicted molar refractivity (Wildman–Crippen MR) is 272 cm³/mol. The quantitative estimate of drug-likeness (QED) is 0.0851. The maximum absolute atomic E-state index is 13.6. The van der Waals surface area contributed by atoms with Crippen molar-refractivity contribution < 1.29 is 54.7 Å². The number of para-hydroxylation sites is 2. The lowest BCUT2D eigenvalue weighted by atomic mass is 10.0. The average molecular weight is 1110 g/mol. The summed E-state index contributed by atoms with van der Waals surface area (Å²) in [4.78, 5) is 16.5. The summed E-state index contributed by atoms with van der Waals surface area (Å²) in [7, 11) is 0.644. The van der Waals surface area contributed by atoms with E-state index in [4.69, 9.17) is 61.1 Å². The van der Waals surface area contributed by atoms with Crippen LogP contribution < -0.4 is 28.4 Å². The van der Waals surface area contributed by atoms with Crippen molar-refractivity contribution in [2.75, 3.05) is 65.3 Å². The molecule has 2 saturated heterocycles. The second kappa shape index (κ2) is 24.1. The Kier molecular flexibility index (Phi) is 18.2. The van der Waals surface area contributed by atoms with Gasteiger partial charge in [0.15, 0.2) is 11.6 Å². The van der Waals surface area contributed by atoms with E-state index in [0.717, 1.165) is 0 Å². The monoisotopic (exact) mass is 1100 g/mol. The molecule has 74 heavy (non-hydrogen) atoms. The van der Waals surface area contributed by atoms with Crippen molar-refractivity contribution in [3.63, 3.8) is 0 Å². The molecule has 0 unspecified atom stereocenters. The van der Waals surface area contributed by atoms with Crippen LogP contribution in [0.25, 0.3) is 11.4 Å². The van der Waals surface area contributed by atoms with Crippen LogP contribution in [-0.4, -0.2) is 145 Å². The van der Waals surface area contributed by atoms with Crippen LogP contribution in [0.2, 0.25) is 10.0 Å². The molecule has 0 bridgehead atoms. The third kappa shape index (κ3) is 11.8. The Morgan fingerprint density at radius 2 is 0.892 bits per heavy atom. The van der Waals surface area contributed by atoms with Gasteiger partial charge in [0, 0.05) is 64.1 Å². The first-order chi connectivity index (χ1) is 35.4. The van der Waals surface area contributed by atoms with Crippen molar-refractivity contribution in [2.24, 2.45) is 0 Å². The number of ether oxygens (including phenoxy) is 8. The van der Waals surface area contributed by atoms with Crippen LogP contribution in [0.3, 0.4) is 0 Å². The molecule has 4 aromatic heterocycles. The molecular weight excluding hydrogens is 1050 g/mol. The zero-order valence-corrected chi connectivity index (χ0v) is 45.3. The van der Waals surface area contributed by atoms with Crippen LogP contribution in [0, 0.1) is 0 Å². The first-order valence-electron chi connectivity index (χ1n) is 23.0. The SMILES string of the molecule is COc1cccc(OC)c1-n1c(NS(=O)(=O)[C@@H](C)[C@H](OC)c2ncc(Cl)cn2)nnc1[C@@H]1CCO[C@H]1C.COc1cccc(OC)c1-n1c(NS(=O)(=O)[C@@H](C)[C@H](OC)c2ncc(Cl)cn2)nnc1[C@H]1CCO[C@@H]1C. The molecule has 8 atom stereocenters. The van der Waals surface area contributed by atoms with Gasteiger partial charge in [-0.1, -0.05) is 35.3 Å². The number of nitrogens with zero attached hydrogens (tertiary/aromatic N) is 10. The number of hydrogen-bond donors (Lipinski definition) is 2. The fourth-order valence-corrected chi connectivity index (χ4v) is 11.1. The van der Waals surface area contributed by atoms with Gasteiger partial charge in [-0.05, 0) is 64.8 Å². The molecule has 28 heteroatoms. The fourth-order valence-electron chi connectivity index (χ4n) is 8.61. The van der Waals surface area contributed by atoms with E-state index in [9.17, 15) is 16.8 Å². The second-order valence-electron chi connectivity index (χ2n) is 16.9. The highest BCUT2D eigenvalue weighted by molar-refractivity contribution is 7.93. The molecule has 0 amide bonds. The van der Waals surface area contributed by atoms with Crippen LogP contribution in [-0.2, 0) is 39.0 Å². The lowest BCUT2D eigenvalue weighted by Gasteiger charge is -2.23. The van der Waals surface area contributed by atoms with Gasteiger partial charge in [-0.3, -0.25) is 18.6 Å². The predicted octanol–water partition coefficient (Wildman–Crippen LogP) is 6.28. The molecule has 2 aromatic carbocycles. The Morgan fingerprint density at radius 3 is 1.16 bits per heavy atom. The van der Waals surface area contributed by atoms with E-state index < -0.39 is 42.8 Å². The van der Waals surface area contributed by atoms with E-state index in [1.54, 1.807) is 45.5 Å². The number of anilines is 2. The molecule has 0 radical (unpaired) electrons. The molecule has 24 nitrogen and oxygen atoms in total. The van der Waals surface area contributed by atoms with Crippen LogP contribution in [0.5, 0.6) is 23.0 Å². The summed E-state index contributed by atoms with van der Waals surface area (Å²) in [6, 6.07) is 10.5. The van der Waals surface area contributed by atoms with Crippen molar-refractivity contribution in [2.45, 2.75) is 87.3 Å². The van der Waals surface area contributed by atoms with E-state index in [1.807, 2.05) is 13.8 Å². The summed E-state index contributed by atoms with van der Waals surface area (Å²) >= 11 is 11.8. The van der Waals surface area contributed by atoms with E-state index in [0.29, 0.717) is 82.1 Å². The van der Waals surface area contributed by atoms with E-state index in [2.05, 4.69) is 49.8 Å². The molecular formula is C46H58Cl2N12O12S2. The Balaban J connectivity index is 0.000000216. The first-order valence-corrected chi connectivity index (χ1v) is 26.9. The number of rotatable bonds is 20. The van der Waals surface area contributed by atoms with E-state index in [1.165, 1.54) is 81.3 Å². The lowest BCUT2D eigenvalue weighted by Crippen LogP contribution is -2.33. The Bertz CT molecular complexity index is 2830. The van der Waals surface area contributed by atoms with Gasteiger partial charge in [0.2, 0.25) is 31.9 Å². The zero-order chi connectivity index (χ0) is 53.5. The number of aromatic nitrogens is 10. The van der Waals surface area contributed by atoms with Gasteiger partial charge in [-0.25, -0.2) is 36.8 Å². The van der Waals surface area contributed by atoms with Gasteiger partial charge in [-0.15, -0.1) is 20.4 Å². The zero-order valence-electron chi connectivity index (χ0n) is 42.2. The molecule has 400 valence electrons. The Hall–Kier alpha value is -6.00. The molecule has 2 aliphatic rings. The highest BCUT2D eigenvalue weighted by Gasteiger charge is 2.40. The van der Waals surface area contributed by atoms with Crippen LogP contribution in [0.4, 0.5) is 11.9 Å². The van der Waals surface area contributed by atoms with Crippen molar-refractivity contribution in [1.29, 1.82) is 0 Å². The second-order valence-corrected chi connectivity index (χ2v) is 21.9. The minimum Gasteiger partial charge on any atom is -0.494 e. The minimum absolute atomic E-state index is 0.0318. The summed E-state index contributed by atoms with van der Waals surface area (Å²) in [5, 5.41) is 15.6. The summed E-state index contributed by atoms with van der Waals surface area (Å²) in [6.07, 6.45) is 4.66. The molecule has 6 aromatic rings. The van der Waals surface area contributed by atoms with E-state index in [-0.39, 0.29) is 47.6 Å². The number of sulfonamides is 2. The van der Waals surface area contributed by atoms with Gasteiger partial charge in [0.25, 0.3) is 0 Å². The van der Waals surface area contributed by atoms with Crippen molar-refractivity contribution in [3.05, 3.63) is 94.5 Å². The number of benzene rings is 2. The molecule has 0 spiro atoms. The minimum atomic E-state index is -4.10. The number of halogens is 2. The summed E-state index contributed by atoms with van der Waals surface area (Å²) in [5.41, 5.74) is 0.919. The van der Waals surface area contributed by atoms with Crippen molar-refractivity contribution in [1.82, 2.24) is 49.5 Å². The van der Waals surface area contributed by atoms with Crippen molar-refractivity contribution >= 4 is 55.1 Å². The Labute approximate surface area is 438 Å². The average Bonchev–Trinajstić information content (AvgIpc) is 4.21. The lowest BCUT2D eigenvalue weighted by molar-refractivity contribution is 0.0949. The molecule has 2 N–H and O–H groups in total. The summed E-state index contributed by atoms with van der Waals surface area (Å²) in [6.45, 7) is 7.97. The van der Waals surface area contributed by atoms with Crippen LogP contribution in [0.15, 0.2) is 61.2 Å². The smallest absolute Gasteiger partial charge is 0.243 e. The van der Waals surface area contributed by atoms with Crippen LogP contribution in [0.1, 0.15) is 87.9 Å². The van der Waals surface area contributed by atoms with Crippen molar-refractivity contribution in [3.8, 4) is 34.4 Å². The molecule has 0 aliphatic carbocycles. The highest BCUT2D eigenvalue weighted by Crippen LogP contribution is 2.42. The van der Waals surface area contributed by atoms with Gasteiger partial charge in [-0.2, -0.15) is 0 Å². The number of methoxy groups -OCH3 is 6. The first kappa shape index (κ1) is 55.7. The van der Waals surface area contributed by atoms with Gasteiger partial charge in [0.05, 0.1) is 50.7 Å². The molecule has 0 saturated carbocycles. The summed E-state index contributed by atoms with van der Waals surface area (Å²) < 4.78 is 108. The van der Waals surface area contributed by atoms with Gasteiger partial charge in [0.1, 0.15) is 68.7 Å². The standard InChI is InChI=1S/2C23H29ClN6O6S/c2*1-13-16(9-10-36-13)22-27-28-23(30(22)19-17(33-3)7-6-8-18(19)34-4)29-37(31,32)14(2)20(35-5)21-25-11-15(24)12-26-21/h2*6-8,11-14,16,20H,9-10H2,1-5H3,(H,28,29)/t13-,14+,16+,20+;13-,14-,16+,20-/m10/s1. The molecule has 8 rings (SSSR count). The van der Waals surface area contributed by atoms with E-state index >= 15 is 0 Å². The molecule has 2 aliphatic heterocycles. The number of hydrogen-bond acceptors (Lipinski definition) is 20. The third-order valence-corrected chi connectivity index (χ3v) is 16.4. The topological polar surface area (TPSA) is 279 Å². The third-order valence-electron chi connectivity index (χ3n) is 12.6. The normalized spacial score (nSPS) is 19.4. The van der Waals surface area contributed by atoms with Gasteiger partial charge >= 0.3 is 0 Å². The molecule has 6 heterocycles. The molecule has 2 fully saturated rings. The largest absolute Gasteiger partial charge is 0.494 e.